The lowest BCUT2D eigenvalue weighted by atomic mass is 10.1. The molecule has 0 aromatic rings. The Balaban J connectivity index is 3.61. The minimum absolute atomic E-state index is 0.0735. The van der Waals surface area contributed by atoms with E-state index in [9.17, 15) is 4.79 Å². The molecule has 0 heterocycles. The Hall–Kier alpha value is 0.430. The molecule has 0 spiro atoms. The van der Waals surface area contributed by atoms with Crippen LogP contribution in [0.1, 0.15) is 20.3 Å². The molecule has 0 bridgehead atoms. The molecule has 0 aliphatic rings. The number of nitrogens with one attached hydrogen (secondary N) is 1. The van der Waals surface area contributed by atoms with Crippen molar-refractivity contribution in [3.63, 3.8) is 0 Å². The first-order valence-electron chi connectivity index (χ1n) is 3.18. The predicted octanol–water partition coefficient (Wildman–Crippen LogP) is 2.86. The quantitative estimate of drug-likeness (QED) is 0.478. The average molecular weight is 273 g/mol. The van der Waals surface area contributed by atoms with E-state index in [1.54, 1.807) is 0 Å². The molecule has 1 amide bonds. The van der Waals surface area contributed by atoms with E-state index in [1.807, 2.05) is 0 Å². The molecule has 0 saturated carbocycles. The topological polar surface area (TPSA) is 29.1 Å². The highest BCUT2D eigenvalue weighted by Crippen LogP contribution is 2.13. The van der Waals surface area contributed by atoms with Gasteiger partial charge in [-0.25, -0.2) is 0 Å². The summed E-state index contributed by atoms with van der Waals surface area (Å²) in [7, 11) is 0. The largest absolute Gasteiger partial charge is 0.334 e. The van der Waals surface area contributed by atoms with Gasteiger partial charge in [0.05, 0.1) is 4.95 Å². The van der Waals surface area contributed by atoms with Gasteiger partial charge in [0.15, 0.2) is 0 Å². The zero-order chi connectivity index (χ0) is 8.15. The second-order valence-corrected chi connectivity index (χ2v) is 3.91. The third kappa shape index (κ3) is 4.28. The normalized spacial score (nSPS) is 16.0. The van der Waals surface area contributed by atoms with Crippen LogP contribution >= 0.6 is 31.9 Å². The predicted molar refractivity (Wildman–Crippen MR) is 49.6 cm³/mol. The van der Waals surface area contributed by atoms with Crippen molar-refractivity contribution in [3.8, 4) is 0 Å². The van der Waals surface area contributed by atoms with Crippen molar-refractivity contribution in [1.29, 1.82) is 0 Å². The Labute approximate surface area is 78.0 Å². The monoisotopic (exact) mass is 271 g/mol. The van der Waals surface area contributed by atoms with Crippen LogP contribution in [0, 0.1) is 5.92 Å². The van der Waals surface area contributed by atoms with E-state index in [1.165, 1.54) is 0 Å². The standard InChI is InChI=1S/C6H11Br2NO/c1-3-4(2)5(7)9-6(8)10/h4-5H,3H2,1-2H3,(H,9,10). The highest BCUT2D eigenvalue weighted by Gasteiger charge is 2.12. The van der Waals surface area contributed by atoms with Crippen LogP contribution in [-0.2, 0) is 0 Å². The summed E-state index contributed by atoms with van der Waals surface area (Å²) in [6, 6.07) is 0. The number of alkyl halides is 1. The highest BCUT2D eigenvalue weighted by atomic mass is 79.9. The van der Waals surface area contributed by atoms with E-state index in [-0.39, 0.29) is 9.77 Å². The maximum absolute atomic E-state index is 10.5. The number of hydrogen-bond acceptors (Lipinski definition) is 1. The molecule has 10 heavy (non-hydrogen) atoms. The van der Waals surface area contributed by atoms with Gasteiger partial charge in [-0.05, 0) is 5.92 Å². The van der Waals surface area contributed by atoms with Gasteiger partial charge < -0.3 is 5.32 Å². The Morgan fingerprint density at radius 1 is 1.70 bits per heavy atom. The van der Waals surface area contributed by atoms with E-state index in [4.69, 9.17) is 0 Å². The van der Waals surface area contributed by atoms with Crippen LogP contribution in [0.2, 0.25) is 0 Å². The van der Waals surface area contributed by atoms with E-state index in [0.29, 0.717) is 5.92 Å². The van der Waals surface area contributed by atoms with Crippen molar-refractivity contribution in [3.05, 3.63) is 0 Å². The van der Waals surface area contributed by atoms with Crippen molar-refractivity contribution in [2.75, 3.05) is 0 Å². The first-order chi connectivity index (χ1) is 4.57. The first-order valence-corrected chi connectivity index (χ1v) is 4.88. The molecule has 2 nitrogen and oxygen atoms in total. The van der Waals surface area contributed by atoms with Gasteiger partial charge in [0.2, 0.25) is 0 Å². The fraction of sp³-hybridized carbons (Fsp3) is 0.833. The molecular formula is C6H11Br2NO. The molecule has 0 aromatic carbocycles. The molecule has 0 aliphatic heterocycles. The number of carbonyl (C=O) groups is 1. The highest BCUT2D eigenvalue weighted by molar-refractivity contribution is 9.18. The molecule has 2 unspecified atom stereocenters. The van der Waals surface area contributed by atoms with E-state index < -0.39 is 0 Å². The Morgan fingerprint density at radius 3 is 2.50 bits per heavy atom. The second kappa shape index (κ2) is 5.13. The molecule has 0 aliphatic carbocycles. The average Bonchev–Trinajstić information content (AvgIpc) is 1.85. The van der Waals surface area contributed by atoms with E-state index in [2.05, 4.69) is 51.0 Å². The maximum Gasteiger partial charge on any atom is 0.288 e. The Morgan fingerprint density at radius 2 is 2.20 bits per heavy atom. The third-order valence-electron chi connectivity index (χ3n) is 1.39. The second-order valence-electron chi connectivity index (χ2n) is 2.21. The summed E-state index contributed by atoms with van der Waals surface area (Å²) in [5.41, 5.74) is 0. The number of amides is 1. The summed E-state index contributed by atoms with van der Waals surface area (Å²) in [6.07, 6.45) is 1.04. The Kier molecular flexibility index (Phi) is 5.35. The van der Waals surface area contributed by atoms with Crippen molar-refractivity contribution in [1.82, 2.24) is 5.32 Å². The zero-order valence-electron chi connectivity index (χ0n) is 6.03. The van der Waals surface area contributed by atoms with Gasteiger partial charge >= 0.3 is 0 Å². The summed E-state index contributed by atoms with van der Waals surface area (Å²) >= 11 is 6.13. The summed E-state index contributed by atoms with van der Waals surface area (Å²) < 4.78 is 0. The number of carbonyl (C=O) groups excluding carboxylic acids is 1. The van der Waals surface area contributed by atoms with Crippen molar-refractivity contribution < 1.29 is 4.79 Å². The van der Waals surface area contributed by atoms with E-state index >= 15 is 0 Å². The molecule has 2 atom stereocenters. The number of halogens is 2. The lowest BCUT2D eigenvalue weighted by Gasteiger charge is -2.15. The first kappa shape index (κ1) is 10.4. The smallest absolute Gasteiger partial charge is 0.288 e. The van der Waals surface area contributed by atoms with Crippen molar-refractivity contribution in [2.24, 2.45) is 5.92 Å². The molecule has 60 valence electrons. The maximum atomic E-state index is 10.5. The third-order valence-corrected chi connectivity index (χ3v) is 2.76. The summed E-state index contributed by atoms with van der Waals surface area (Å²) in [4.78, 5) is 10.4. The van der Waals surface area contributed by atoms with Crippen LogP contribution in [-0.4, -0.2) is 9.77 Å². The molecule has 0 saturated heterocycles. The van der Waals surface area contributed by atoms with Gasteiger partial charge in [-0.2, -0.15) is 0 Å². The minimum atomic E-state index is -0.172. The fourth-order valence-corrected chi connectivity index (χ4v) is 1.59. The summed E-state index contributed by atoms with van der Waals surface area (Å²) in [5.74, 6) is 0.460. The van der Waals surface area contributed by atoms with Crippen LogP contribution in [0.25, 0.3) is 0 Å². The molecule has 0 fully saturated rings. The van der Waals surface area contributed by atoms with Gasteiger partial charge in [0.1, 0.15) is 0 Å². The molecule has 0 rings (SSSR count). The van der Waals surface area contributed by atoms with Gasteiger partial charge in [0, 0.05) is 15.9 Å². The SMILES string of the molecule is CCC(C)C(Br)NC(=O)Br. The lowest BCUT2D eigenvalue weighted by Crippen LogP contribution is -2.30. The van der Waals surface area contributed by atoms with Gasteiger partial charge in [0.25, 0.3) is 4.82 Å². The summed E-state index contributed by atoms with van der Waals surface area (Å²) in [5, 5.41) is 2.69. The fourth-order valence-electron chi connectivity index (χ4n) is 0.458. The minimum Gasteiger partial charge on any atom is -0.334 e. The summed E-state index contributed by atoms with van der Waals surface area (Å²) in [6.45, 7) is 4.15. The number of hydrogen-bond donors (Lipinski definition) is 1. The van der Waals surface area contributed by atoms with E-state index in [0.717, 1.165) is 6.42 Å². The molecule has 0 aromatic heterocycles. The van der Waals surface area contributed by atoms with Crippen LogP contribution in [0.4, 0.5) is 4.79 Å². The number of rotatable bonds is 3. The van der Waals surface area contributed by atoms with Crippen molar-refractivity contribution >= 4 is 36.7 Å². The molecule has 1 N–H and O–H groups in total. The molecule has 4 heteroatoms. The zero-order valence-corrected chi connectivity index (χ0v) is 9.20. The Bertz CT molecular complexity index is 118. The van der Waals surface area contributed by atoms with Gasteiger partial charge in [-0.1, -0.05) is 36.2 Å². The van der Waals surface area contributed by atoms with Crippen LogP contribution in [0.3, 0.4) is 0 Å². The van der Waals surface area contributed by atoms with Crippen LogP contribution in [0.5, 0.6) is 0 Å². The lowest BCUT2D eigenvalue weighted by molar-refractivity contribution is 0.259. The van der Waals surface area contributed by atoms with Gasteiger partial charge in [-0.3, -0.25) is 4.79 Å². The van der Waals surface area contributed by atoms with Crippen LogP contribution < -0.4 is 5.32 Å². The van der Waals surface area contributed by atoms with Crippen LogP contribution in [0.15, 0.2) is 0 Å². The molecular weight excluding hydrogens is 262 g/mol. The van der Waals surface area contributed by atoms with Gasteiger partial charge in [-0.15, -0.1) is 0 Å². The van der Waals surface area contributed by atoms with Crippen molar-refractivity contribution in [2.45, 2.75) is 25.2 Å². The molecule has 0 radical (unpaired) electrons.